The SMILES string of the molecule is C[C@@H](O)c1cc(F)ccc1N/C(=C\C=N)Cc1cc(C2CCC2)n(C)n1. The van der Waals surface area contributed by atoms with Crippen LogP contribution in [0.5, 0.6) is 0 Å². The fraction of sp³-hybridized carbons (Fsp3) is 0.400. The van der Waals surface area contributed by atoms with Crippen LogP contribution in [0.1, 0.15) is 55.2 Å². The van der Waals surface area contributed by atoms with E-state index in [9.17, 15) is 9.50 Å². The number of aryl methyl sites for hydroxylation is 1. The molecular formula is C20H25FN4O. The van der Waals surface area contributed by atoms with E-state index in [1.54, 1.807) is 19.1 Å². The van der Waals surface area contributed by atoms with Crippen LogP contribution < -0.4 is 5.32 Å². The third-order valence-electron chi connectivity index (χ3n) is 4.91. The Morgan fingerprint density at radius 3 is 2.85 bits per heavy atom. The third kappa shape index (κ3) is 4.02. The second kappa shape index (κ2) is 7.83. The van der Waals surface area contributed by atoms with Crippen molar-refractivity contribution in [3.05, 3.63) is 58.8 Å². The average molecular weight is 356 g/mol. The number of anilines is 1. The molecule has 0 spiro atoms. The molecular weight excluding hydrogens is 331 g/mol. The number of hydrogen-bond acceptors (Lipinski definition) is 4. The first kappa shape index (κ1) is 18.3. The largest absolute Gasteiger partial charge is 0.389 e. The predicted octanol–water partition coefficient (Wildman–Crippen LogP) is 4.07. The summed E-state index contributed by atoms with van der Waals surface area (Å²) in [6.45, 7) is 1.60. The molecule has 0 amide bonds. The molecule has 1 atom stereocenters. The minimum absolute atomic E-state index is 0.390. The van der Waals surface area contributed by atoms with Gasteiger partial charge in [-0.15, -0.1) is 0 Å². The third-order valence-corrected chi connectivity index (χ3v) is 4.91. The van der Waals surface area contributed by atoms with Gasteiger partial charge in [-0.25, -0.2) is 4.39 Å². The standard InChI is InChI=1S/C20H25FN4O/c1-13(26)18-10-15(21)6-7-19(18)23-16(8-9-22)11-17-12-20(25(2)24-17)14-4-3-5-14/h6-10,12-14,22-23,26H,3-5,11H2,1-2H3/b16-8-,22-9?/t13-/m1/s1. The number of benzene rings is 1. The van der Waals surface area contributed by atoms with Gasteiger partial charge in [0.1, 0.15) is 5.82 Å². The van der Waals surface area contributed by atoms with Crippen molar-refractivity contribution in [2.75, 3.05) is 5.32 Å². The molecule has 1 aromatic heterocycles. The van der Waals surface area contributed by atoms with E-state index in [2.05, 4.69) is 16.5 Å². The molecule has 26 heavy (non-hydrogen) atoms. The van der Waals surface area contributed by atoms with Gasteiger partial charge in [0, 0.05) is 48.2 Å². The molecule has 5 nitrogen and oxygen atoms in total. The van der Waals surface area contributed by atoms with Crippen molar-refractivity contribution in [3.8, 4) is 0 Å². The summed E-state index contributed by atoms with van der Waals surface area (Å²) in [5.41, 5.74) is 4.07. The van der Waals surface area contributed by atoms with Gasteiger partial charge < -0.3 is 15.8 Å². The first-order valence-electron chi connectivity index (χ1n) is 8.95. The van der Waals surface area contributed by atoms with Crippen molar-refractivity contribution in [1.82, 2.24) is 9.78 Å². The molecule has 138 valence electrons. The highest BCUT2D eigenvalue weighted by Gasteiger charge is 2.23. The van der Waals surface area contributed by atoms with Crippen LogP contribution in [0.25, 0.3) is 0 Å². The number of aliphatic hydroxyl groups excluding tert-OH is 1. The van der Waals surface area contributed by atoms with Crippen LogP contribution in [0.2, 0.25) is 0 Å². The average Bonchev–Trinajstić information content (AvgIpc) is 2.87. The van der Waals surface area contributed by atoms with Crippen LogP contribution in [0, 0.1) is 11.2 Å². The summed E-state index contributed by atoms with van der Waals surface area (Å²) in [6, 6.07) is 6.41. The van der Waals surface area contributed by atoms with Crippen molar-refractivity contribution in [2.24, 2.45) is 7.05 Å². The number of nitrogens with one attached hydrogen (secondary N) is 2. The molecule has 1 aromatic carbocycles. The minimum atomic E-state index is -0.797. The monoisotopic (exact) mass is 356 g/mol. The van der Waals surface area contributed by atoms with E-state index in [1.165, 1.54) is 43.3 Å². The second-order valence-corrected chi connectivity index (χ2v) is 6.88. The number of allylic oxidation sites excluding steroid dienone is 2. The maximum absolute atomic E-state index is 13.5. The molecule has 6 heteroatoms. The second-order valence-electron chi connectivity index (χ2n) is 6.88. The van der Waals surface area contributed by atoms with E-state index in [4.69, 9.17) is 5.41 Å². The van der Waals surface area contributed by atoms with Gasteiger partial charge in [0.05, 0.1) is 11.8 Å². The molecule has 1 heterocycles. The van der Waals surface area contributed by atoms with E-state index < -0.39 is 6.10 Å². The Balaban J connectivity index is 1.81. The van der Waals surface area contributed by atoms with Crippen LogP contribution in [-0.2, 0) is 13.5 Å². The lowest BCUT2D eigenvalue weighted by Gasteiger charge is -2.25. The van der Waals surface area contributed by atoms with E-state index >= 15 is 0 Å². The Morgan fingerprint density at radius 2 is 2.23 bits per heavy atom. The fourth-order valence-corrected chi connectivity index (χ4v) is 3.32. The van der Waals surface area contributed by atoms with Gasteiger partial charge in [0.2, 0.25) is 0 Å². The first-order chi connectivity index (χ1) is 12.5. The summed E-state index contributed by atoms with van der Waals surface area (Å²) in [4.78, 5) is 0. The normalized spacial score (nSPS) is 16.2. The molecule has 0 saturated heterocycles. The van der Waals surface area contributed by atoms with Crippen LogP contribution in [-0.4, -0.2) is 21.1 Å². The van der Waals surface area contributed by atoms with E-state index in [-0.39, 0.29) is 5.82 Å². The zero-order chi connectivity index (χ0) is 18.7. The zero-order valence-electron chi connectivity index (χ0n) is 15.2. The van der Waals surface area contributed by atoms with Gasteiger partial charge in [0.15, 0.2) is 0 Å². The van der Waals surface area contributed by atoms with Gasteiger partial charge in [-0.1, -0.05) is 6.42 Å². The Kier molecular flexibility index (Phi) is 5.52. The molecule has 0 unspecified atom stereocenters. The van der Waals surface area contributed by atoms with E-state index in [0.717, 1.165) is 11.4 Å². The molecule has 1 aliphatic rings. The van der Waals surface area contributed by atoms with E-state index in [1.807, 2.05) is 11.7 Å². The van der Waals surface area contributed by atoms with Gasteiger partial charge in [-0.05, 0) is 50.1 Å². The van der Waals surface area contributed by atoms with E-state index in [0.29, 0.717) is 23.6 Å². The first-order valence-corrected chi connectivity index (χ1v) is 8.95. The summed E-state index contributed by atoms with van der Waals surface area (Å²) in [6.07, 6.45) is 6.32. The topological polar surface area (TPSA) is 73.9 Å². The molecule has 3 rings (SSSR count). The Hall–Kier alpha value is -2.47. The molecule has 1 saturated carbocycles. The zero-order valence-corrected chi connectivity index (χ0v) is 15.2. The molecule has 3 N–H and O–H groups in total. The summed E-state index contributed by atoms with van der Waals surface area (Å²) in [5.74, 6) is 0.210. The van der Waals surface area contributed by atoms with Crippen LogP contribution in [0.15, 0.2) is 36.0 Å². The lowest BCUT2D eigenvalue weighted by Crippen LogP contribution is -2.12. The van der Waals surface area contributed by atoms with Crippen molar-refractivity contribution >= 4 is 11.9 Å². The predicted molar refractivity (Wildman–Crippen MR) is 101 cm³/mol. The summed E-state index contributed by atoms with van der Waals surface area (Å²) in [5, 5.41) is 25.2. The van der Waals surface area contributed by atoms with Gasteiger partial charge in [0.25, 0.3) is 0 Å². The smallest absolute Gasteiger partial charge is 0.123 e. The molecule has 1 aliphatic carbocycles. The molecule has 1 fully saturated rings. The van der Waals surface area contributed by atoms with Crippen molar-refractivity contribution in [1.29, 1.82) is 5.41 Å². The fourth-order valence-electron chi connectivity index (χ4n) is 3.32. The maximum Gasteiger partial charge on any atom is 0.123 e. The van der Waals surface area contributed by atoms with Gasteiger partial charge >= 0.3 is 0 Å². The highest BCUT2D eigenvalue weighted by Crippen LogP contribution is 2.36. The van der Waals surface area contributed by atoms with Gasteiger partial charge in [-0.2, -0.15) is 5.10 Å². The highest BCUT2D eigenvalue weighted by molar-refractivity contribution is 5.71. The molecule has 0 radical (unpaired) electrons. The highest BCUT2D eigenvalue weighted by atomic mass is 19.1. The quantitative estimate of drug-likeness (QED) is 0.655. The Bertz CT molecular complexity index is 821. The van der Waals surface area contributed by atoms with Gasteiger partial charge in [-0.3, -0.25) is 4.68 Å². The molecule has 0 bridgehead atoms. The number of rotatable bonds is 7. The molecule has 0 aliphatic heterocycles. The maximum atomic E-state index is 13.5. The number of halogens is 1. The summed E-state index contributed by atoms with van der Waals surface area (Å²) >= 11 is 0. The number of aliphatic hydroxyl groups is 1. The summed E-state index contributed by atoms with van der Waals surface area (Å²) < 4.78 is 15.4. The lowest BCUT2D eigenvalue weighted by molar-refractivity contribution is 0.199. The number of nitrogens with zero attached hydrogens (tertiary/aromatic N) is 2. The Labute approximate surface area is 153 Å². The van der Waals surface area contributed by atoms with Crippen LogP contribution in [0.4, 0.5) is 10.1 Å². The number of hydrogen-bond donors (Lipinski definition) is 3. The van der Waals surface area contributed by atoms with Crippen LogP contribution >= 0.6 is 0 Å². The van der Waals surface area contributed by atoms with Crippen molar-refractivity contribution in [3.63, 3.8) is 0 Å². The summed E-state index contributed by atoms with van der Waals surface area (Å²) in [7, 11) is 1.97. The van der Waals surface area contributed by atoms with Crippen molar-refractivity contribution in [2.45, 2.75) is 44.6 Å². The molecule has 2 aromatic rings. The Morgan fingerprint density at radius 1 is 1.46 bits per heavy atom. The lowest BCUT2D eigenvalue weighted by atomic mass is 9.83. The minimum Gasteiger partial charge on any atom is -0.389 e. The van der Waals surface area contributed by atoms with Crippen molar-refractivity contribution < 1.29 is 9.50 Å². The number of aromatic nitrogens is 2. The van der Waals surface area contributed by atoms with Crippen LogP contribution in [0.3, 0.4) is 0 Å².